The van der Waals surface area contributed by atoms with Crippen LogP contribution in [0.5, 0.6) is 0 Å². The molecule has 2 rings (SSSR count). The van der Waals surface area contributed by atoms with Gasteiger partial charge < -0.3 is 9.84 Å². The fourth-order valence-electron chi connectivity index (χ4n) is 1.77. The summed E-state index contributed by atoms with van der Waals surface area (Å²) in [4.78, 5) is 11.1. The fourth-order valence-corrected chi connectivity index (χ4v) is 2.25. The third-order valence-electron chi connectivity index (χ3n) is 2.64. The quantitative estimate of drug-likeness (QED) is 0.850. The Labute approximate surface area is 115 Å². The summed E-state index contributed by atoms with van der Waals surface area (Å²) in [7, 11) is 0. The number of aliphatic hydroxyl groups is 1. The molecule has 1 fully saturated rings. The predicted molar refractivity (Wildman–Crippen MR) is 70.6 cm³/mol. The molecule has 0 amide bonds. The highest BCUT2D eigenvalue weighted by Crippen LogP contribution is 2.23. The first-order valence-corrected chi connectivity index (χ1v) is 6.31. The lowest BCUT2D eigenvalue weighted by atomic mass is 10.0. The zero-order valence-electron chi connectivity index (χ0n) is 9.48. The Morgan fingerprint density at radius 3 is 2.83 bits per heavy atom. The van der Waals surface area contributed by atoms with E-state index in [1.807, 2.05) is 0 Å². The number of halogens is 2. The number of hydrogen-bond donors (Lipinski definition) is 1. The molecule has 1 aliphatic heterocycles. The van der Waals surface area contributed by atoms with Crippen LogP contribution in [0.25, 0.3) is 6.08 Å². The van der Waals surface area contributed by atoms with Crippen LogP contribution in [0.1, 0.15) is 18.4 Å². The van der Waals surface area contributed by atoms with E-state index in [2.05, 4.69) is 0 Å². The molecule has 1 aromatic carbocycles. The first-order valence-electron chi connectivity index (χ1n) is 5.55. The first-order chi connectivity index (χ1) is 8.54. The fraction of sp³-hybridized carbons (Fsp3) is 0.308. The molecule has 1 aromatic rings. The second-order valence-electron chi connectivity index (χ2n) is 4.15. The number of carbonyl (C=O) groups excluding carboxylic acids is 1. The molecule has 0 radical (unpaired) electrons. The number of ether oxygens (including phenoxy) is 1. The number of rotatable bonds is 2. The third-order valence-corrected chi connectivity index (χ3v) is 3.20. The number of benzene rings is 1. The number of aliphatic hydroxyl groups excluding tert-OH is 1. The van der Waals surface area contributed by atoms with E-state index in [4.69, 9.17) is 27.9 Å². The maximum atomic E-state index is 11.1. The molecule has 0 aromatic heterocycles. The molecule has 1 aliphatic rings. The van der Waals surface area contributed by atoms with Gasteiger partial charge in [0.25, 0.3) is 0 Å². The summed E-state index contributed by atoms with van der Waals surface area (Å²) < 4.78 is 5.09. The maximum Gasteiger partial charge on any atom is 0.309 e. The zero-order chi connectivity index (χ0) is 13.1. The van der Waals surface area contributed by atoms with Gasteiger partial charge in [0.2, 0.25) is 0 Å². The van der Waals surface area contributed by atoms with Crippen LogP contribution in [0.2, 0.25) is 10.0 Å². The van der Waals surface area contributed by atoms with E-state index in [9.17, 15) is 9.90 Å². The van der Waals surface area contributed by atoms with Gasteiger partial charge in [-0.25, -0.2) is 0 Å². The highest BCUT2D eigenvalue weighted by Gasteiger charge is 2.25. The van der Waals surface area contributed by atoms with Gasteiger partial charge in [-0.3, -0.25) is 4.79 Å². The maximum absolute atomic E-state index is 11.1. The van der Waals surface area contributed by atoms with Crippen molar-refractivity contribution in [3.63, 3.8) is 0 Å². The SMILES string of the molecule is O=C1C[C@@H](O)C[C@@H](/C=C/c2ccc(Cl)cc2Cl)O1. The Morgan fingerprint density at radius 1 is 1.39 bits per heavy atom. The van der Waals surface area contributed by atoms with Crippen molar-refractivity contribution in [3.05, 3.63) is 39.9 Å². The molecule has 1 N–H and O–H groups in total. The largest absolute Gasteiger partial charge is 0.458 e. The molecule has 0 spiro atoms. The molecule has 2 atom stereocenters. The van der Waals surface area contributed by atoms with Crippen LogP contribution in [0.4, 0.5) is 0 Å². The van der Waals surface area contributed by atoms with Gasteiger partial charge in [-0.15, -0.1) is 0 Å². The van der Waals surface area contributed by atoms with E-state index < -0.39 is 12.2 Å². The summed E-state index contributed by atoms with van der Waals surface area (Å²) in [5.41, 5.74) is 0.789. The first kappa shape index (κ1) is 13.4. The number of cyclic esters (lactones) is 1. The molecule has 1 saturated heterocycles. The average Bonchev–Trinajstić information content (AvgIpc) is 2.26. The van der Waals surface area contributed by atoms with Gasteiger partial charge >= 0.3 is 5.97 Å². The minimum Gasteiger partial charge on any atom is -0.458 e. The molecular weight excluding hydrogens is 275 g/mol. The summed E-state index contributed by atoms with van der Waals surface area (Å²) in [6, 6.07) is 5.15. The summed E-state index contributed by atoms with van der Waals surface area (Å²) in [5.74, 6) is -0.384. The number of esters is 1. The minimum absolute atomic E-state index is 0.0615. The minimum atomic E-state index is -0.637. The topological polar surface area (TPSA) is 46.5 Å². The van der Waals surface area contributed by atoms with E-state index in [-0.39, 0.29) is 12.4 Å². The lowest BCUT2D eigenvalue weighted by molar-refractivity contribution is -0.156. The van der Waals surface area contributed by atoms with Crippen molar-refractivity contribution in [1.82, 2.24) is 0 Å². The highest BCUT2D eigenvalue weighted by atomic mass is 35.5. The zero-order valence-corrected chi connectivity index (χ0v) is 11.0. The predicted octanol–water partition coefficient (Wildman–Crippen LogP) is 3.07. The van der Waals surface area contributed by atoms with Crippen LogP contribution in [0.15, 0.2) is 24.3 Å². The molecule has 0 unspecified atom stereocenters. The smallest absolute Gasteiger partial charge is 0.309 e. The van der Waals surface area contributed by atoms with Crippen molar-refractivity contribution >= 4 is 35.2 Å². The normalized spacial score (nSPS) is 24.3. The van der Waals surface area contributed by atoms with Crippen molar-refractivity contribution in [2.75, 3.05) is 0 Å². The third kappa shape index (κ3) is 3.48. The van der Waals surface area contributed by atoms with E-state index in [0.29, 0.717) is 16.5 Å². The summed E-state index contributed by atoms with van der Waals surface area (Å²) in [6.45, 7) is 0. The number of carbonyl (C=O) groups is 1. The van der Waals surface area contributed by atoms with Crippen LogP contribution in [-0.4, -0.2) is 23.3 Å². The van der Waals surface area contributed by atoms with Crippen LogP contribution < -0.4 is 0 Å². The lowest BCUT2D eigenvalue weighted by Gasteiger charge is -2.23. The van der Waals surface area contributed by atoms with Crippen molar-refractivity contribution in [2.24, 2.45) is 0 Å². The highest BCUT2D eigenvalue weighted by molar-refractivity contribution is 6.35. The Bertz CT molecular complexity index is 485. The molecular formula is C13H12Cl2O3. The molecule has 5 heteroatoms. The van der Waals surface area contributed by atoms with Gasteiger partial charge in [0.1, 0.15) is 6.10 Å². The second kappa shape index (κ2) is 5.74. The van der Waals surface area contributed by atoms with E-state index in [1.165, 1.54) is 0 Å². The Balaban J connectivity index is 2.08. The summed E-state index contributed by atoms with van der Waals surface area (Å²) in [6.07, 6.45) is 2.90. The van der Waals surface area contributed by atoms with Crippen molar-refractivity contribution in [2.45, 2.75) is 25.0 Å². The summed E-state index contributed by atoms with van der Waals surface area (Å²) in [5, 5.41) is 10.6. The molecule has 18 heavy (non-hydrogen) atoms. The van der Waals surface area contributed by atoms with Crippen LogP contribution in [-0.2, 0) is 9.53 Å². The van der Waals surface area contributed by atoms with Crippen molar-refractivity contribution in [1.29, 1.82) is 0 Å². The van der Waals surface area contributed by atoms with Crippen LogP contribution in [0, 0.1) is 0 Å². The molecule has 0 saturated carbocycles. The molecule has 0 aliphatic carbocycles. The molecule has 3 nitrogen and oxygen atoms in total. The van der Waals surface area contributed by atoms with Gasteiger partial charge in [0, 0.05) is 16.5 Å². The molecule has 0 bridgehead atoms. The monoisotopic (exact) mass is 286 g/mol. The lowest BCUT2D eigenvalue weighted by Crippen LogP contribution is -2.31. The van der Waals surface area contributed by atoms with Gasteiger partial charge in [-0.1, -0.05) is 35.3 Å². The van der Waals surface area contributed by atoms with Crippen molar-refractivity contribution in [3.8, 4) is 0 Å². The van der Waals surface area contributed by atoms with E-state index in [0.717, 1.165) is 5.56 Å². The Kier molecular flexibility index (Phi) is 4.27. The van der Waals surface area contributed by atoms with Crippen LogP contribution in [0.3, 0.4) is 0 Å². The molecule has 96 valence electrons. The second-order valence-corrected chi connectivity index (χ2v) is 4.99. The van der Waals surface area contributed by atoms with E-state index in [1.54, 1.807) is 30.4 Å². The van der Waals surface area contributed by atoms with E-state index >= 15 is 0 Å². The van der Waals surface area contributed by atoms with Crippen LogP contribution >= 0.6 is 23.2 Å². The Morgan fingerprint density at radius 2 is 2.17 bits per heavy atom. The average molecular weight is 287 g/mol. The molecule has 1 heterocycles. The van der Waals surface area contributed by atoms with Gasteiger partial charge in [0.05, 0.1) is 12.5 Å². The van der Waals surface area contributed by atoms with Gasteiger partial charge in [0.15, 0.2) is 0 Å². The standard InChI is InChI=1S/C13H12Cl2O3/c14-9-3-1-8(12(15)5-9)2-4-11-6-10(16)7-13(17)18-11/h1-5,10-11,16H,6-7H2/b4-2+/t10-,11+/m0/s1. The van der Waals surface area contributed by atoms with Crippen molar-refractivity contribution < 1.29 is 14.6 Å². The number of hydrogen-bond acceptors (Lipinski definition) is 3. The summed E-state index contributed by atoms with van der Waals surface area (Å²) >= 11 is 11.8. The Hall–Kier alpha value is -1.03. The van der Waals surface area contributed by atoms with Gasteiger partial charge in [-0.05, 0) is 23.8 Å². The van der Waals surface area contributed by atoms with Gasteiger partial charge in [-0.2, -0.15) is 0 Å².